The molecule has 0 aliphatic rings. The molecule has 1 aromatic carbocycles. The lowest BCUT2D eigenvalue weighted by Crippen LogP contribution is -1.93. The van der Waals surface area contributed by atoms with Crippen LogP contribution in [0.5, 0.6) is 0 Å². The molecule has 1 aromatic heterocycles. The van der Waals surface area contributed by atoms with Crippen molar-refractivity contribution >= 4 is 22.2 Å². The van der Waals surface area contributed by atoms with Crippen LogP contribution in [0, 0.1) is 23.0 Å². The Morgan fingerprint density at radius 3 is 2.81 bits per heavy atom. The van der Waals surface area contributed by atoms with Crippen molar-refractivity contribution in [3.8, 4) is 6.07 Å². The summed E-state index contributed by atoms with van der Waals surface area (Å²) >= 11 is 1.10. The van der Waals surface area contributed by atoms with E-state index in [1.54, 1.807) is 0 Å². The molecule has 0 atom stereocenters. The van der Waals surface area contributed by atoms with Gasteiger partial charge < -0.3 is 5.32 Å². The molecule has 0 saturated carbocycles. The third-order valence-corrected chi connectivity index (χ3v) is 2.61. The Kier molecular flexibility index (Phi) is 2.79. The Morgan fingerprint density at radius 1 is 1.38 bits per heavy atom. The number of aromatic nitrogens is 1. The predicted octanol–water partition coefficient (Wildman–Crippen LogP) is 3.04. The van der Waals surface area contributed by atoms with Crippen LogP contribution in [0.15, 0.2) is 24.4 Å². The van der Waals surface area contributed by atoms with Gasteiger partial charge in [0.05, 0.1) is 11.9 Å². The van der Waals surface area contributed by atoms with Crippen LogP contribution in [0.4, 0.5) is 19.6 Å². The molecule has 1 N–H and O–H groups in total. The highest BCUT2D eigenvalue weighted by Gasteiger charge is 2.06. The molecule has 0 unspecified atom stereocenters. The average Bonchev–Trinajstić information content (AvgIpc) is 2.70. The zero-order chi connectivity index (χ0) is 11.5. The average molecular weight is 237 g/mol. The zero-order valence-corrected chi connectivity index (χ0v) is 8.68. The van der Waals surface area contributed by atoms with Crippen molar-refractivity contribution in [1.29, 1.82) is 5.26 Å². The molecule has 6 heteroatoms. The van der Waals surface area contributed by atoms with Crippen LogP contribution in [0.3, 0.4) is 0 Å². The fourth-order valence-electron chi connectivity index (χ4n) is 1.09. The van der Waals surface area contributed by atoms with E-state index in [-0.39, 0.29) is 5.69 Å². The summed E-state index contributed by atoms with van der Waals surface area (Å²) in [6.45, 7) is 0. The van der Waals surface area contributed by atoms with Crippen LogP contribution in [0.1, 0.15) is 4.88 Å². The molecule has 0 radical (unpaired) electrons. The molecule has 0 fully saturated rings. The van der Waals surface area contributed by atoms with E-state index in [2.05, 4.69) is 10.3 Å². The Hall–Kier alpha value is -2.00. The first-order valence-corrected chi connectivity index (χ1v) is 5.08. The van der Waals surface area contributed by atoms with Gasteiger partial charge in [0, 0.05) is 6.07 Å². The first-order chi connectivity index (χ1) is 7.69. The minimum Gasteiger partial charge on any atom is -0.329 e. The van der Waals surface area contributed by atoms with E-state index >= 15 is 0 Å². The number of anilines is 2. The maximum atomic E-state index is 13.2. The second kappa shape index (κ2) is 4.24. The number of nitrogens with zero attached hydrogens (tertiary/aromatic N) is 2. The highest BCUT2D eigenvalue weighted by atomic mass is 32.1. The van der Waals surface area contributed by atoms with Crippen molar-refractivity contribution in [1.82, 2.24) is 4.98 Å². The van der Waals surface area contributed by atoms with Gasteiger partial charge in [-0.2, -0.15) is 5.26 Å². The van der Waals surface area contributed by atoms with Crippen LogP contribution >= 0.6 is 11.3 Å². The number of hydrogen-bond donors (Lipinski definition) is 1. The number of benzene rings is 1. The number of thiazole rings is 1. The van der Waals surface area contributed by atoms with Crippen molar-refractivity contribution in [2.45, 2.75) is 0 Å². The quantitative estimate of drug-likeness (QED) is 0.873. The van der Waals surface area contributed by atoms with E-state index in [4.69, 9.17) is 5.26 Å². The fourth-order valence-corrected chi connectivity index (χ4v) is 1.72. The molecule has 2 rings (SSSR count). The highest BCUT2D eigenvalue weighted by molar-refractivity contribution is 7.16. The number of nitrogens with one attached hydrogen (secondary N) is 1. The molecular weight excluding hydrogens is 232 g/mol. The molecule has 1 heterocycles. The molecule has 80 valence electrons. The van der Waals surface area contributed by atoms with Crippen LogP contribution in [-0.2, 0) is 0 Å². The Morgan fingerprint density at radius 2 is 2.19 bits per heavy atom. The summed E-state index contributed by atoms with van der Waals surface area (Å²) in [6, 6.07) is 5.12. The molecule has 0 spiro atoms. The van der Waals surface area contributed by atoms with Crippen molar-refractivity contribution in [2.75, 3.05) is 5.32 Å². The van der Waals surface area contributed by atoms with Crippen LogP contribution in [0.2, 0.25) is 0 Å². The number of nitriles is 1. The van der Waals surface area contributed by atoms with Crippen LogP contribution in [0.25, 0.3) is 0 Å². The maximum absolute atomic E-state index is 13.2. The zero-order valence-electron chi connectivity index (χ0n) is 7.87. The van der Waals surface area contributed by atoms with E-state index in [9.17, 15) is 8.78 Å². The minimum atomic E-state index is -0.700. The smallest absolute Gasteiger partial charge is 0.188 e. The molecule has 0 bridgehead atoms. The Bertz CT molecular complexity index is 559. The summed E-state index contributed by atoms with van der Waals surface area (Å²) in [6.07, 6.45) is 1.38. The van der Waals surface area contributed by atoms with Crippen molar-refractivity contribution in [3.63, 3.8) is 0 Å². The summed E-state index contributed by atoms with van der Waals surface area (Å²) in [4.78, 5) is 4.29. The van der Waals surface area contributed by atoms with E-state index in [0.29, 0.717) is 10.0 Å². The predicted molar refractivity (Wildman–Crippen MR) is 56.5 cm³/mol. The van der Waals surface area contributed by atoms with E-state index < -0.39 is 11.6 Å². The second-order valence-corrected chi connectivity index (χ2v) is 3.92. The Labute approximate surface area is 94.0 Å². The van der Waals surface area contributed by atoms with Gasteiger partial charge in [0.25, 0.3) is 0 Å². The second-order valence-electron chi connectivity index (χ2n) is 2.89. The van der Waals surface area contributed by atoms with Crippen LogP contribution < -0.4 is 5.32 Å². The van der Waals surface area contributed by atoms with Gasteiger partial charge in [-0.15, -0.1) is 0 Å². The van der Waals surface area contributed by atoms with Gasteiger partial charge in [0.2, 0.25) is 0 Å². The molecule has 16 heavy (non-hydrogen) atoms. The summed E-state index contributed by atoms with van der Waals surface area (Å²) in [7, 11) is 0. The minimum absolute atomic E-state index is 0.125. The first kappa shape index (κ1) is 10.5. The van der Waals surface area contributed by atoms with Gasteiger partial charge in [-0.1, -0.05) is 11.3 Å². The molecule has 2 aromatic rings. The van der Waals surface area contributed by atoms with Gasteiger partial charge >= 0.3 is 0 Å². The van der Waals surface area contributed by atoms with Gasteiger partial charge in [0.1, 0.15) is 22.6 Å². The van der Waals surface area contributed by atoms with Gasteiger partial charge in [0.15, 0.2) is 5.13 Å². The molecule has 0 saturated heterocycles. The van der Waals surface area contributed by atoms with Gasteiger partial charge in [-0.25, -0.2) is 13.8 Å². The van der Waals surface area contributed by atoms with Crippen LogP contribution in [-0.4, -0.2) is 4.98 Å². The third kappa shape index (κ3) is 2.15. The van der Waals surface area contributed by atoms with Gasteiger partial charge in [-0.3, -0.25) is 0 Å². The summed E-state index contributed by atoms with van der Waals surface area (Å²) in [5.41, 5.74) is 0.125. The molecule has 3 nitrogen and oxygen atoms in total. The van der Waals surface area contributed by atoms with Crippen molar-refractivity contribution in [2.24, 2.45) is 0 Å². The normalized spacial score (nSPS) is 9.81. The van der Waals surface area contributed by atoms with E-state index in [0.717, 1.165) is 23.5 Å². The summed E-state index contributed by atoms with van der Waals surface area (Å²) in [5, 5.41) is 11.6. The fraction of sp³-hybridized carbons (Fsp3) is 0. The summed E-state index contributed by atoms with van der Waals surface area (Å²) < 4.78 is 25.9. The molecule has 0 amide bonds. The van der Waals surface area contributed by atoms with E-state index in [1.807, 2.05) is 6.07 Å². The lowest BCUT2D eigenvalue weighted by Gasteiger charge is -2.03. The van der Waals surface area contributed by atoms with Crippen molar-refractivity contribution < 1.29 is 8.78 Å². The largest absolute Gasteiger partial charge is 0.329 e. The lowest BCUT2D eigenvalue weighted by molar-refractivity contribution is 0.586. The number of rotatable bonds is 2. The molecule has 0 aliphatic carbocycles. The highest BCUT2D eigenvalue weighted by Crippen LogP contribution is 2.24. The number of hydrogen-bond acceptors (Lipinski definition) is 4. The molecule has 0 aliphatic heterocycles. The molecular formula is C10H5F2N3S. The summed E-state index contributed by atoms with van der Waals surface area (Å²) in [5.74, 6) is -1.34. The topological polar surface area (TPSA) is 48.7 Å². The maximum Gasteiger partial charge on any atom is 0.188 e. The number of halogens is 2. The third-order valence-electron chi connectivity index (χ3n) is 1.79. The van der Waals surface area contributed by atoms with E-state index in [1.165, 1.54) is 12.3 Å². The van der Waals surface area contributed by atoms with Crippen molar-refractivity contribution in [3.05, 3.63) is 40.9 Å². The standard InChI is InChI=1S/C10H5F2N3S/c11-6-1-2-9(8(12)3-6)15-10-14-5-7(4-13)16-10/h1-3,5H,(H,14,15). The monoisotopic (exact) mass is 237 g/mol. The van der Waals surface area contributed by atoms with Gasteiger partial charge in [-0.05, 0) is 12.1 Å². The lowest BCUT2D eigenvalue weighted by atomic mass is 10.3. The Balaban J connectivity index is 2.24. The first-order valence-electron chi connectivity index (χ1n) is 4.27. The SMILES string of the molecule is N#Cc1cnc(Nc2ccc(F)cc2F)s1.